The van der Waals surface area contributed by atoms with Gasteiger partial charge in [0, 0.05) is 45.6 Å². The minimum absolute atomic E-state index is 0.0161. The highest BCUT2D eigenvalue weighted by Crippen LogP contribution is 2.44. The van der Waals surface area contributed by atoms with Crippen LogP contribution in [-0.2, 0) is 23.0 Å². The summed E-state index contributed by atoms with van der Waals surface area (Å²) < 4.78 is 6.99. The topological polar surface area (TPSA) is 81.5 Å². The molecule has 1 aliphatic rings. The first-order valence-corrected chi connectivity index (χ1v) is 11.0. The van der Waals surface area contributed by atoms with Crippen molar-refractivity contribution in [2.75, 3.05) is 20.2 Å². The fourth-order valence-corrected chi connectivity index (χ4v) is 4.20. The fraction of sp³-hybridized carbons (Fsp3) is 0.308. The fourth-order valence-electron chi connectivity index (χ4n) is 4.20. The van der Waals surface area contributed by atoms with E-state index in [2.05, 4.69) is 29.2 Å². The van der Waals surface area contributed by atoms with Crippen molar-refractivity contribution >= 4 is 11.9 Å². The zero-order valence-electron chi connectivity index (χ0n) is 18.9. The molecule has 33 heavy (non-hydrogen) atoms. The van der Waals surface area contributed by atoms with Crippen molar-refractivity contribution in [1.29, 1.82) is 0 Å². The van der Waals surface area contributed by atoms with Gasteiger partial charge in [0.15, 0.2) is 0 Å². The van der Waals surface area contributed by atoms with E-state index in [1.54, 1.807) is 26.4 Å². The van der Waals surface area contributed by atoms with Crippen LogP contribution in [0.2, 0.25) is 0 Å². The summed E-state index contributed by atoms with van der Waals surface area (Å²) >= 11 is 0. The van der Waals surface area contributed by atoms with Gasteiger partial charge in [-0.15, -0.1) is 0 Å². The maximum Gasteiger partial charge on any atom is 0.409 e. The Labute approximate surface area is 192 Å². The van der Waals surface area contributed by atoms with E-state index in [1.807, 2.05) is 24.3 Å². The van der Waals surface area contributed by atoms with E-state index in [1.165, 1.54) is 31.7 Å². The van der Waals surface area contributed by atoms with Gasteiger partial charge < -0.3 is 14.2 Å². The summed E-state index contributed by atoms with van der Waals surface area (Å²) in [7, 11) is 3.28. The number of ketones is 1. The average Bonchev–Trinajstić information content (AvgIpc) is 3.13. The molecule has 0 saturated heterocycles. The van der Waals surface area contributed by atoms with Gasteiger partial charge >= 0.3 is 11.8 Å². The van der Waals surface area contributed by atoms with Crippen molar-refractivity contribution in [3.8, 4) is 11.1 Å². The first-order valence-electron chi connectivity index (χ1n) is 11.0. The van der Waals surface area contributed by atoms with E-state index >= 15 is 0 Å². The molecule has 7 heteroatoms. The standard InChI is InChI=1S/C26H27N3O4/c1-28-15-13-18(27-25(28)31)16-19(30)8-7-14-29(2)26(32)33-17-24-22-11-5-3-9-20(22)21-10-4-6-12-23(21)24/h3-6,9-13,15,24H,7-8,14,16-17H2,1-2H3. The number of Topliss-reactive ketones (excluding diaryl/α,β-unsaturated/α-hetero) is 1. The van der Waals surface area contributed by atoms with Crippen LogP contribution in [0.25, 0.3) is 11.1 Å². The van der Waals surface area contributed by atoms with E-state index in [0.29, 0.717) is 25.1 Å². The molecule has 0 fully saturated rings. The lowest BCUT2D eigenvalue weighted by molar-refractivity contribution is -0.118. The van der Waals surface area contributed by atoms with Crippen LogP contribution < -0.4 is 5.69 Å². The zero-order chi connectivity index (χ0) is 23.4. The molecule has 170 valence electrons. The summed E-state index contributed by atoms with van der Waals surface area (Å²) in [5.74, 6) is -0.000837. The Morgan fingerprint density at radius 1 is 1.03 bits per heavy atom. The van der Waals surface area contributed by atoms with Crippen molar-refractivity contribution in [3.63, 3.8) is 0 Å². The second-order valence-electron chi connectivity index (χ2n) is 8.36. The van der Waals surface area contributed by atoms with E-state index < -0.39 is 6.09 Å². The van der Waals surface area contributed by atoms with Gasteiger partial charge in [-0.3, -0.25) is 4.79 Å². The number of hydrogen-bond acceptors (Lipinski definition) is 5. The maximum absolute atomic E-state index is 12.5. The third-order valence-electron chi connectivity index (χ3n) is 6.01. The summed E-state index contributed by atoms with van der Waals surface area (Å²) in [6.45, 7) is 0.678. The van der Waals surface area contributed by atoms with E-state index in [4.69, 9.17) is 4.74 Å². The van der Waals surface area contributed by atoms with Gasteiger partial charge in [0.1, 0.15) is 12.4 Å². The summed E-state index contributed by atoms with van der Waals surface area (Å²) in [6, 6.07) is 18.1. The quantitative estimate of drug-likeness (QED) is 0.530. The Kier molecular flexibility index (Phi) is 6.68. The molecule has 0 radical (unpaired) electrons. The van der Waals surface area contributed by atoms with Gasteiger partial charge in [-0.1, -0.05) is 48.5 Å². The Morgan fingerprint density at radius 2 is 1.67 bits per heavy atom. The molecule has 0 atom stereocenters. The van der Waals surface area contributed by atoms with Crippen molar-refractivity contribution in [2.45, 2.75) is 25.2 Å². The molecule has 0 aliphatic heterocycles. The van der Waals surface area contributed by atoms with Gasteiger partial charge in [-0.05, 0) is 34.7 Å². The molecule has 7 nitrogen and oxygen atoms in total. The molecule has 1 heterocycles. The number of carbonyl (C=O) groups excluding carboxylic acids is 2. The maximum atomic E-state index is 12.5. The monoisotopic (exact) mass is 445 g/mol. The highest BCUT2D eigenvalue weighted by Gasteiger charge is 2.29. The molecule has 0 saturated carbocycles. The van der Waals surface area contributed by atoms with Crippen molar-refractivity contribution in [2.24, 2.45) is 7.05 Å². The zero-order valence-corrected chi connectivity index (χ0v) is 18.9. The number of rotatable bonds is 8. The van der Waals surface area contributed by atoms with Gasteiger partial charge in [-0.25, -0.2) is 9.59 Å². The smallest absolute Gasteiger partial charge is 0.409 e. The van der Waals surface area contributed by atoms with Gasteiger partial charge in [-0.2, -0.15) is 4.98 Å². The van der Waals surface area contributed by atoms with Crippen molar-refractivity contribution in [1.82, 2.24) is 14.5 Å². The van der Waals surface area contributed by atoms with Crippen molar-refractivity contribution < 1.29 is 14.3 Å². The summed E-state index contributed by atoms with van der Waals surface area (Å²) in [5.41, 5.74) is 4.80. The number of hydrogen-bond donors (Lipinski definition) is 0. The van der Waals surface area contributed by atoms with Crippen molar-refractivity contribution in [3.05, 3.63) is 88.1 Å². The number of aromatic nitrogens is 2. The molecular weight excluding hydrogens is 418 g/mol. The predicted molar refractivity (Wildman–Crippen MR) is 125 cm³/mol. The lowest BCUT2D eigenvalue weighted by atomic mass is 9.98. The number of carbonyl (C=O) groups is 2. The van der Waals surface area contributed by atoms with Crippen LogP contribution in [0.3, 0.4) is 0 Å². The molecule has 1 amide bonds. The molecule has 0 spiro atoms. The second kappa shape index (κ2) is 9.81. The van der Waals surface area contributed by atoms with Gasteiger partial charge in [0.05, 0.1) is 5.69 Å². The minimum atomic E-state index is -0.405. The minimum Gasteiger partial charge on any atom is -0.448 e. The largest absolute Gasteiger partial charge is 0.448 e. The molecule has 3 aromatic rings. The van der Waals surface area contributed by atoms with E-state index in [-0.39, 0.29) is 30.4 Å². The van der Waals surface area contributed by atoms with Crippen LogP contribution in [-0.4, -0.2) is 46.5 Å². The number of aryl methyl sites for hydroxylation is 1. The first-order chi connectivity index (χ1) is 15.9. The van der Waals surface area contributed by atoms with Crippen LogP contribution in [0.15, 0.2) is 65.6 Å². The molecule has 1 aliphatic carbocycles. The Bertz CT molecular complexity index is 1190. The van der Waals surface area contributed by atoms with Gasteiger partial charge in [0.25, 0.3) is 0 Å². The van der Waals surface area contributed by atoms with Crippen LogP contribution >= 0.6 is 0 Å². The SMILES string of the molecule is CN(CCCC(=O)Cc1ccn(C)c(=O)n1)C(=O)OCC1c2ccccc2-c2ccccc21. The number of ether oxygens (including phenoxy) is 1. The molecule has 0 N–H and O–H groups in total. The molecule has 0 bridgehead atoms. The number of nitrogens with zero attached hydrogens (tertiary/aromatic N) is 3. The lowest BCUT2D eigenvalue weighted by Gasteiger charge is -2.19. The Hall–Kier alpha value is -3.74. The molecular formula is C26H27N3O4. The Morgan fingerprint density at radius 3 is 2.30 bits per heavy atom. The van der Waals surface area contributed by atoms with Crippen LogP contribution in [0.1, 0.15) is 35.6 Å². The summed E-state index contributed by atoms with van der Waals surface area (Å²) in [6.07, 6.45) is 2.13. The average molecular weight is 446 g/mol. The van der Waals surface area contributed by atoms with Crippen LogP contribution in [0.5, 0.6) is 0 Å². The molecule has 4 rings (SSSR count). The summed E-state index contributed by atoms with van der Waals surface area (Å²) in [4.78, 5) is 41.7. The number of fused-ring (bicyclic) bond motifs is 3. The van der Waals surface area contributed by atoms with E-state index in [9.17, 15) is 14.4 Å². The number of benzene rings is 2. The molecule has 1 aromatic heterocycles. The molecule has 2 aromatic carbocycles. The molecule has 0 unspecified atom stereocenters. The normalized spacial score (nSPS) is 12.2. The summed E-state index contributed by atoms with van der Waals surface area (Å²) in [5, 5.41) is 0. The van der Waals surface area contributed by atoms with E-state index in [0.717, 1.165) is 0 Å². The lowest BCUT2D eigenvalue weighted by Crippen LogP contribution is -2.30. The third-order valence-corrected chi connectivity index (χ3v) is 6.01. The third kappa shape index (κ3) is 5.03. The number of amides is 1. The van der Waals surface area contributed by atoms with Crippen LogP contribution in [0.4, 0.5) is 4.79 Å². The highest BCUT2D eigenvalue weighted by atomic mass is 16.6. The Balaban J connectivity index is 1.26. The van der Waals surface area contributed by atoms with Crippen LogP contribution in [0, 0.1) is 0 Å². The second-order valence-corrected chi connectivity index (χ2v) is 8.36. The van der Waals surface area contributed by atoms with Gasteiger partial charge in [0.2, 0.25) is 0 Å². The predicted octanol–water partition coefficient (Wildman–Crippen LogP) is 3.55. The highest BCUT2D eigenvalue weighted by molar-refractivity contribution is 5.80. The first kappa shape index (κ1) is 22.5.